The summed E-state index contributed by atoms with van der Waals surface area (Å²) in [5.41, 5.74) is 1.30. The van der Waals surface area contributed by atoms with Gasteiger partial charge in [0.05, 0.1) is 12.7 Å². The van der Waals surface area contributed by atoms with Crippen LogP contribution in [-0.2, 0) is 4.74 Å². The second-order valence-electron chi connectivity index (χ2n) is 5.26. The maximum atomic E-state index is 11.8. The highest BCUT2D eigenvalue weighted by atomic mass is 35.5. The number of hydrogen-bond donors (Lipinski definition) is 1. The van der Waals surface area contributed by atoms with Crippen molar-refractivity contribution in [3.05, 3.63) is 28.8 Å². The largest absolute Gasteiger partial charge is 0.465 e. The third kappa shape index (κ3) is 3.87. The van der Waals surface area contributed by atoms with Crippen LogP contribution in [0.4, 0.5) is 5.69 Å². The Morgan fingerprint density at radius 2 is 2.20 bits per heavy atom. The van der Waals surface area contributed by atoms with E-state index in [1.165, 1.54) is 7.11 Å². The number of benzene rings is 1. The summed E-state index contributed by atoms with van der Waals surface area (Å²) in [5, 5.41) is 4.00. The lowest BCUT2D eigenvalue weighted by atomic mass is 10.1. The zero-order chi connectivity index (χ0) is 14.5. The molecule has 1 fully saturated rings. The Kier molecular flexibility index (Phi) is 5.26. The topological polar surface area (TPSA) is 41.6 Å². The second kappa shape index (κ2) is 6.95. The maximum absolute atomic E-state index is 11.8. The standard InChI is InChI=1S/C15H21ClN2O2/c1-18-8-3-4-12(7-9-18)17-14-6-5-11(16)10-13(14)15(19)20-2/h5-6,10,12,17H,3-4,7-9H2,1-2H3. The molecule has 0 aromatic heterocycles. The molecule has 1 unspecified atom stereocenters. The van der Waals surface area contributed by atoms with Gasteiger partial charge in [-0.05, 0) is 57.6 Å². The lowest BCUT2D eigenvalue weighted by Crippen LogP contribution is -2.24. The molecule has 4 nitrogen and oxygen atoms in total. The smallest absolute Gasteiger partial charge is 0.340 e. The first-order chi connectivity index (χ1) is 9.60. The molecule has 20 heavy (non-hydrogen) atoms. The number of methoxy groups -OCH3 is 1. The number of anilines is 1. The monoisotopic (exact) mass is 296 g/mol. The molecule has 1 aromatic carbocycles. The molecular weight excluding hydrogens is 276 g/mol. The molecular formula is C15H21ClN2O2. The molecule has 0 amide bonds. The van der Waals surface area contributed by atoms with E-state index in [4.69, 9.17) is 16.3 Å². The van der Waals surface area contributed by atoms with Crippen LogP contribution in [0, 0.1) is 0 Å². The van der Waals surface area contributed by atoms with Crippen molar-refractivity contribution < 1.29 is 9.53 Å². The van der Waals surface area contributed by atoms with Crippen LogP contribution in [0.3, 0.4) is 0 Å². The quantitative estimate of drug-likeness (QED) is 0.871. The fourth-order valence-corrected chi connectivity index (χ4v) is 2.70. The zero-order valence-electron chi connectivity index (χ0n) is 12.0. The number of halogens is 1. The van der Waals surface area contributed by atoms with Crippen molar-refractivity contribution in [1.29, 1.82) is 0 Å². The molecule has 0 saturated carbocycles. The lowest BCUT2D eigenvalue weighted by Gasteiger charge is -2.20. The van der Waals surface area contributed by atoms with Crippen LogP contribution in [-0.4, -0.2) is 44.2 Å². The van der Waals surface area contributed by atoms with Gasteiger partial charge in [0.2, 0.25) is 0 Å². The van der Waals surface area contributed by atoms with E-state index in [0.717, 1.165) is 38.0 Å². The summed E-state index contributed by atoms with van der Waals surface area (Å²) >= 11 is 5.96. The van der Waals surface area contributed by atoms with Crippen LogP contribution in [0.5, 0.6) is 0 Å². The number of nitrogens with one attached hydrogen (secondary N) is 1. The average Bonchev–Trinajstić information content (AvgIpc) is 2.65. The van der Waals surface area contributed by atoms with E-state index < -0.39 is 0 Å². The van der Waals surface area contributed by atoms with Gasteiger partial charge >= 0.3 is 5.97 Å². The number of carbonyl (C=O) groups excluding carboxylic acids is 1. The maximum Gasteiger partial charge on any atom is 0.340 e. The molecule has 1 atom stereocenters. The highest BCUT2D eigenvalue weighted by Gasteiger charge is 2.18. The third-order valence-electron chi connectivity index (χ3n) is 3.70. The number of ether oxygens (including phenoxy) is 1. The predicted molar refractivity (Wildman–Crippen MR) is 81.6 cm³/mol. The van der Waals surface area contributed by atoms with Crippen molar-refractivity contribution in [2.75, 3.05) is 32.6 Å². The molecule has 1 saturated heterocycles. The Labute approximate surface area is 125 Å². The molecule has 0 spiro atoms. The highest BCUT2D eigenvalue weighted by molar-refractivity contribution is 6.31. The molecule has 2 rings (SSSR count). The Balaban J connectivity index is 2.14. The summed E-state index contributed by atoms with van der Waals surface area (Å²) in [6.45, 7) is 2.20. The van der Waals surface area contributed by atoms with Gasteiger partial charge < -0.3 is 15.0 Å². The number of carbonyl (C=O) groups is 1. The normalized spacial score (nSPS) is 20.2. The van der Waals surface area contributed by atoms with E-state index in [1.54, 1.807) is 12.1 Å². The van der Waals surface area contributed by atoms with Crippen molar-refractivity contribution in [2.24, 2.45) is 0 Å². The lowest BCUT2D eigenvalue weighted by molar-refractivity contribution is 0.0602. The van der Waals surface area contributed by atoms with E-state index in [1.807, 2.05) is 6.07 Å². The number of hydrogen-bond acceptors (Lipinski definition) is 4. The molecule has 1 heterocycles. The summed E-state index contributed by atoms with van der Waals surface area (Å²) < 4.78 is 4.82. The molecule has 5 heteroatoms. The van der Waals surface area contributed by atoms with Gasteiger partial charge in [0.15, 0.2) is 0 Å². The molecule has 0 aliphatic carbocycles. The minimum atomic E-state index is -0.360. The number of likely N-dealkylation sites (tertiary alicyclic amines) is 1. The SMILES string of the molecule is COC(=O)c1cc(Cl)ccc1NC1CCCN(C)CC1. The van der Waals surface area contributed by atoms with Crippen molar-refractivity contribution in [2.45, 2.75) is 25.3 Å². The van der Waals surface area contributed by atoms with Gasteiger partial charge in [-0.1, -0.05) is 11.6 Å². The van der Waals surface area contributed by atoms with Gasteiger partial charge in [-0.25, -0.2) is 4.79 Å². The summed E-state index contributed by atoms with van der Waals surface area (Å²) in [5.74, 6) is -0.360. The van der Waals surface area contributed by atoms with E-state index in [0.29, 0.717) is 16.6 Å². The van der Waals surface area contributed by atoms with Gasteiger partial charge in [-0.3, -0.25) is 0 Å². The van der Waals surface area contributed by atoms with Crippen LogP contribution in [0.15, 0.2) is 18.2 Å². The molecule has 0 bridgehead atoms. The average molecular weight is 297 g/mol. The Bertz CT molecular complexity index is 479. The Morgan fingerprint density at radius 1 is 1.40 bits per heavy atom. The molecule has 1 aliphatic rings. The minimum Gasteiger partial charge on any atom is -0.465 e. The van der Waals surface area contributed by atoms with Crippen LogP contribution < -0.4 is 5.32 Å². The third-order valence-corrected chi connectivity index (χ3v) is 3.93. The number of rotatable bonds is 3. The molecule has 110 valence electrons. The van der Waals surface area contributed by atoms with Gasteiger partial charge in [0.1, 0.15) is 0 Å². The van der Waals surface area contributed by atoms with Crippen molar-refractivity contribution in [3.63, 3.8) is 0 Å². The van der Waals surface area contributed by atoms with Crippen LogP contribution in [0.1, 0.15) is 29.6 Å². The van der Waals surface area contributed by atoms with Gasteiger partial charge in [0.25, 0.3) is 0 Å². The number of nitrogens with zero attached hydrogens (tertiary/aromatic N) is 1. The van der Waals surface area contributed by atoms with E-state index in [9.17, 15) is 4.79 Å². The van der Waals surface area contributed by atoms with E-state index in [2.05, 4.69) is 17.3 Å². The fourth-order valence-electron chi connectivity index (χ4n) is 2.53. The van der Waals surface area contributed by atoms with Gasteiger partial charge in [-0.15, -0.1) is 0 Å². The van der Waals surface area contributed by atoms with E-state index >= 15 is 0 Å². The Hall–Kier alpha value is -1.26. The van der Waals surface area contributed by atoms with Gasteiger partial charge in [-0.2, -0.15) is 0 Å². The first-order valence-electron chi connectivity index (χ1n) is 6.93. The Morgan fingerprint density at radius 3 is 2.95 bits per heavy atom. The first kappa shape index (κ1) is 15.1. The minimum absolute atomic E-state index is 0.360. The van der Waals surface area contributed by atoms with Crippen LogP contribution in [0.25, 0.3) is 0 Å². The van der Waals surface area contributed by atoms with Crippen LogP contribution in [0.2, 0.25) is 5.02 Å². The van der Waals surface area contributed by atoms with E-state index in [-0.39, 0.29) is 5.97 Å². The second-order valence-corrected chi connectivity index (χ2v) is 5.69. The number of esters is 1. The summed E-state index contributed by atoms with van der Waals surface area (Å²) in [4.78, 5) is 14.2. The van der Waals surface area contributed by atoms with Crippen molar-refractivity contribution in [3.8, 4) is 0 Å². The van der Waals surface area contributed by atoms with Crippen LogP contribution >= 0.6 is 11.6 Å². The fraction of sp³-hybridized carbons (Fsp3) is 0.533. The van der Waals surface area contributed by atoms with Crippen molar-refractivity contribution >= 4 is 23.3 Å². The highest BCUT2D eigenvalue weighted by Crippen LogP contribution is 2.24. The molecule has 1 aliphatic heterocycles. The zero-order valence-corrected chi connectivity index (χ0v) is 12.7. The summed E-state index contributed by atoms with van der Waals surface area (Å²) in [6, 6.07) is 5.67. The molecule has 1 aromatic rings. The summed E-state index contributed by atoms with van der Waals surface area (Å²) in [6.07, 6.45) is 3.34. The first-order valence-corrected chi connectivity index (χ1v) is 7.31. The van der Waals surface area contributed by atoms with Crippen molar-refractivity contribution in [1.82, 2.24) is 4.90 Å². The van der Waals surface area contributed by atoms with Gasteiger partial charge in [0, 0.05) is 16.8 Å². The predicted octanol–water partition coefficient (Wildman–Crippen LogP) is 3.02. The molecule has 0 radical (unpaired) electrons. The summed E-state index contributed by atoms with van der Waals surface area (Å²) in [7, 11) is 3.53. The molecule has 1 N–H and O–H groups in total.